The summed E-state index contributed by atoms with van der Waals surface area (Å²) in [7, 11) is 0. The molecule has 88 valence electrons. The monoisotopic (exact) mass is 240 g/mol. The predicted molar refractivity (Wildman–Crippen MR) is 69.7 cm³/mol. The standard InChI is InChI=1S/C11H17ClN4/c1-3-7-14-11(16-13)15-10-8(2)5-4-6-9(10)12/h4-6H,3,7,13H2,1-2H3,(H2,14,15,16). The molecule has 0 radical (unpaired) electrons. The number of halogens is 1. The lowest BCUT2D eigenvalue weighted by Crippen LogP contribution is -2.36. The third-order valence-electron chi connectivity index (χ3n) is 2.10. The third-order valence-corrected chi connectivity index (χ3v) is 2.41. The van der Waals surface area contributed by atoms with Crippen LogP contribution in [-0.2, 0) is 0 Å². The minimum Gasteiger partial charge on any atom is -0.324 e. The second kappa shape index (κ2) is 6.35. The van der Waals surface area contributed by atoms with Crippen LogP contribution in [0.15, 0.2) is 23.2 Å². The van der Waals surface area contributed by atoms with Crippen LogP contribution in [0.2, 0.25) is 5.02 Å². The second-order valence-electron chi connectivity index (χ2n) is 3.43. The van der Waals surface area contributed by atoms with E-state index in [1.807, 2.05) is 25.1 Å². The third kappa shape index (κ3) is 3.40. The van der Waals surface area contributed by atoms with Crippen molar-refractivity contribution in [3.63, 3.8) is 0 Å². The zero-order valence-electron chi connectivity index (χ0n) is 9.55. The number of anilines is 1. The van der Waals surface area contributed by atoms with Crippen molar-refractivity contribution in [2.24, 2.45) is 10.8 Å². The number of guanidine groups is 1. The van der Waals surface area contributed by atoms with Gasteiger partial charge in [-0.2, -0.15) is 0 Å². The summed E-state index contributed by atoms with van der Waals surface area (Å²) in [4.78, 5) is 4.25. The van der Waals surface area contributed by atoms with Gasteiger partial charge in [-0.25, -0.2) is 5.84 Å². The van der Waals surface area contributed by atoms with Crippen LogP contribution in [0, 0.1) is 6.92 Å². The summed E-state index contributed by atoms with van der Waals surface area (Å²) in [6.45, 7) is 4.75. The van der Waals surface area contributed by atoms with Gasteiger partial charge >= 0.3 is 0 Å². The summed E-state index contributed by atoms with van der Waals surface area (Å²) < 4.78 is 0. The molecule has 0 amide bonds. The molecule has 0 fully saturated rings. The normalized spacial score (nSPS) is 11.4. The molecule has 0 aliphatic heterocycles. The molecule has 5 heteroatoms. The van der Waals surface area contributed by atoms with Gasteiger partial charge in [0.05, 0.1) is 10.7 Å². The van der Waals surface area contributed by atoms with Crippen LogP contribution in [0.25, 0.3) is 0 Å². The average molecular weight is 241 g/mol. The molecule has 4 nitrogen and oxygen atoms in total. The summed E-state index contributed by atoms with van der Waals surface area (Å²) in [6, 6.07) is 5.70. The predicted octanol–water partition coefficient (Wildman–Crippen LogP) is 2.29. The first kappa shape index (κ1) is 12.8. The summed E-state index contributed by atoms with van der Waals surface area (Å²) in [5.74, 6) is 5.90. The number of nitrogens with two attached hydrogens (primary N) is 1. The fourth-order valence-corrected chi connectivity index (χ4v) is 1.52. The number of aliphatic imine (C=N–C) groups is 1. The molecule has 16 heavy (non-hydrogen) atoms. The van der Waals surface area contributed by atoms with Crippen molar-refractivity contribution in [1.29, 1.82) is 0 Å². The maximum Gasteiger partial charge on any atom is 0.210 e. The van der Waals surface area contributed by atoms with Crippen molar-refractivity contribution < 1.29 is 0 Å². The minimum atomic E-state index is 0.526. The number of aryl methyl sites for hydroxylation is 1. The molecule has 1 rings (SSSR count). The van der Waals surface area contributed by atoms with Gasteiger partial charge in [0.2, 0.25) is 5.96 Å². The summed E-state index contributed by atoms with van der Waals surface area (Å²) in [6.07, 6.45) is 0.967. The molecular weight excluding hydrogens is 224 g/mol. The molecule has 0 heterocycles. The SMILES string of the molecule is CCCN=C(NN)Nc1c(C)cccc1Cl. The van der Waals surface area contributed by atoms with Gasteiger partial charge in [-0.1, -0.05) is 30.7 Å². The van der Waals surface area contributed by atoms with Crippen molar-refractivity contribution in [2.75, 3.05) is 11.9 Å². The van der Waals surface area contributed by atoms with Crippen molar-refractivity contribution in [2.45, 2.75) is 20.3 Å². The Kier molecular flexibility index (Phi) is 5.08. The first-order valence-electron chi connectivity index (χ1n) is 5.22. The Balaban J connectivity index is 2.85. The molecule has 0 spiro atoms. The van der Waals surface area contributed by atoms with E-state index in [0.29, 0.717) is 11.0 Å². The quantitative estimate of drug-likeness (QED) is 0.329. The number of nitrogens with one attached hydrogen (secondary N) is 2. The topological polar surface area (TPSA) is 62.4 Å². The molecule has 0 aliphatic carbocycles. The Bertz CT molecular complexity index is 356. The Morgan fingerprint density at radius 2 is 2.25 bits per heavy atom. The average Bonchev–Trinajstić information content (AvgIpc) is 2.28. The highest BCUT2D eigenvalue weighted by atomic mass is 35.5. The van der Waals surface area contributed by atoms with Crippen LogP contribution in [-0.4, -0.2) is 12.5 Å². The molecule has 0 aromatic heterocycles. The molecule has 0 aliphatic rings. The molecule has 0 saturated heterocycles. The molecule has 0 atom stereocenters. The Labute approximate surface area is 101 Å². The van der Waals surface area contributed by atoms with Crippen molar-refractivity contribution >= 4 is 23.2 Å². The van der Waals surface area contributed by atoms with Crippen molar-refractivity contribution in [1.82, 2.24) is 5.43 Å². The van der Waals surface area contributed by atoms with Crippen LogP contribution < -0.4 is 16.6 Å². The van der Waals surface area contributed by atoms with E-state index in [-0.39, 0.29) is 0 Å². The largest absolute Gasteiger partial charge is 0.324 e. The lowest BCUT2D eigenvalue weighted by atomic mass is 10.2. The molecule has 0 bridgehead atoms. The number of rotatable bonds is 3. The molecule has 4 N–H and O–H groups in total. The van der Waals surface area contributed by atoms with Gasteiger partial charge in [0.25, 0.3) is 0 Å². The highest BCUT2D eigenvalue weighted by molar-refractivity contribution is 6.33. The van der Waals surface area contributed by atoms with Gasteiger partial charge in [-0.05, 0) is 25.0 Å². The zero-order chi connectivity index (χ0) is 12.0. The Morgan fingerprint density at radius 3 is 2.81 bits per heavy atom. The smallest absolute Gasteiger partial charge is 0.210 e. The minimum absolute atomic E-state index is 0.526. The van der Waals surface area contributed by atoms with Crippen LogP contribution in [0.4, 0.5) is 5.69 Å². The van der Waals surface area contributed by atoms with Gasteiger partial charge in [-0.15, -0.1) is 0 Å². The molecule has 0 unspecified atom stereocenters. The van der Waals surface area contributed by atoms with E-state index in [1.165, 1.54) is 0 Å². The Hall–Kier alpha value is -1.26. The number of hydrogen-bond donors (Lipinski definition) is 3. The van der Waals surface area contributed by atoms with Gasteiger partial charge in [0.1, 0.15) is 0 Å². The highest BCUT2D eigenvalue weighted by Crippen LogP contribution is 2.24. The van der Waals surface area contributed by atoms with Crippen molar-refractivity contribution in [3.8, 4) is 0 Å². The first-order chi connectivity index (χ1) is 7.69. The van der Waals surface area contributed by atoms with E-state index in [9.17, 15) is 0 Å². The Morgan fingerprint density at radius 1 is 1.50 bits per heavy atom. The molecule has 1 aromatic rings. The maximum atomic E-state index is 6.08. The van der Waals surface area contributed by atoms with Crippen LogP contribution in [0.1, 0.15) is 18.9 Å². The van der Waals surface area contributed by atoms with Crippen molar-refractivity contribution in [3.05, 3.63) is 28.8 Å². The van der Waals surface area contributed by atoms with Crippen LogP contribution >= 0.6 is 11.6 Å². The fraction of sp³-hybridized carbons (Fsp3) is 0.364. The lowest BCUT2D eigenvalue weighted by Gasteiger charge is -2.12. The maximum absolute atomic E-state index is 6.08. The van der Waals surface area contributed by atoms with E-state index < -0.39 is 0 Å². The number of hydrazine groups is 1. The van der Waals surface area contributed by atoms with E-state index in [1.54, 1.807) is 0 Å². The van der Waals surface area contributed by atoms with E-state index in [2.05, 4.69) is 22.7 Å². The van der Waals surface area contributed by atoms with Gasteiger partial charge < -0.3 is 5.32 Å². The van der Waals surface area contributed by atoms with E-state index in [0.717, 1.165) is 24.2 Å². The fourth-order valence-electron chi connectivity index (χ4n) is 1.25. The summed E-state index contributed by atoms with van der Waals surface area (Å²) in [5, 5.41) is 3.73. The van der Waals surface area contributed by atoms with Gasteiger partial charge in [0, 0.05) is 6.54 Å². The second-order valence-corrected chi connectivity index (χ2v) is 3.84. The molecular formula is C11H17ClN4. The van der Waals surface area contributed by atoms with Crippen LogP contribution in [0.3, 0.4) is 0 Å². The lowest BCUT2D eigenvalue weighted by molar-refractivity contribution is 0.905. The number of hydrogen-bond acceptors (Lipinski definition) is 2. The summed E-state index contributed by atoms with van der Waals surface area (Å²) >= 11 is 6.08. The highest BCUT2D eigenvalue weighted by Gasteiger charge is 2.05. The van der Waals surface area contributed by atoms with Gasteiger partial charge in [0.15, 0.2) is 0 Å². The van der Waals surface area contributed by atoms with Crippen LogP contribution in [0.5, 0.6) is 0 Å². The van der Waals surface area contributed by atoms with E-state index in [4.69, 9.17) is 17.4 Å². The van der Waals surface area contributed by atoms with E-state index >= 15 is 0 Å². The first-order valence-corrected chi connectivity index (χ1v) is 5.60. The zero-order valence-corrected chi connectivity index (χ0v) is 10.3. The summed E-state index contributed by atoms with van der Waals surface area (Å²) in [5.41, 5.74) is 4.40. The van der Waals surface area contributed by atoms with Gasteiger partial charge in [-0.3, -0.25) is 10.4 Å². The molecule has 0 saturated carbocycles. The molecule has 1 aromatic carbocycles. The number of benzene rings is 1. The number of para-hydroxylation sites is 1. The number of nitrogens with zero attached hydrogens (tertiary/aromatic N) is 1.